The summed E-state index contributed by atoms with van der Waals surface area (Å²) >= 11 is 1.85. The zero-order valence-corrected chi connectivity index (χ0v) is 16.5. The van der Waals surface area contributed by atoms with Gasteiger partial charge < -0.3 is 15.8 Å². The Balaban J connectivity index is 0.00000242. The standard InChI is InChI=1S/C15H26N4OS.HI/c1-3-6-17-15(16)18-11-13(14-5-4-12(2)21-14)19-7-9-20-10-8-19;/h4-5,13H,3,6-11H2,1-2H3,(H3,16,17,18);1H. The highest BCUT2D eigenvalue weighted by molar-refractivity contribution is 14.0. The number of nitrogens with two attached hydrogens (primary N) is 1. The SMILES string of the molecule is CCCNC(N)=NCC(c1ccc(C)s1)N1CCOCC1.I. The summed E-state index contributed by atoms with van der Waals surface area (Å²) in [5.74, 6) is 0.545. The molecule has 1 aliphatic heterocycles. The number of morpholine rings is 1. The van der Waals surface area contributed by atoms with E-state index < -0.39 is 0 Å². The third-order valence-electron chi connectivity index (χ3n) is 3.57. The molecule has 22 heavy (non-hydrogen) atoms. The van der Waals surface area contributed by atoms with Crippen LogP contribution in [0.2, 0.25) is 0 Å². The lowest BCUT2D eigenvalue weighted by atomic mass is 10.2. The number of aliphatic imine (C=N–C) groups is 1. The van der Waals surface area contributed by atoms with E-state index in [1.54, 1.807) is 0 Å². The summed E-state index contributed by atoms with van der Waals surface area (Å²) in [6, 6.07) is 4.69. The summed E-state index contributed by atoms with van der Waals surface area (Å²) in [5, 5.41) is 3.14. The summed E-state index contributed by atoms with van der Waals surface area (Å²) in [7, 11) is 0. The monoisotopic (exact) mass is 438 g/mol. The van der Waals surface area contributed by atoms with Crippen molar-refractivity contribution >= 4 is 41.3 Å². The first-order chi connectivity index (χ1) is 10.2. The van der Waals surface area contributed by atoms with Gasteiger partial charge in [0, 0.05) is 29.4 Å². The maximum absolute atomic E-state index is 5.92. The number of nitrogens with zero attached hydrogens (tertiary/aromatic N) is 2. The molecule has 1 aromatic heterocycles. The number of hydrogen-bond donors (Lipinski definition) is 2. The number of ether oxygens (including phenoxy) is 1. The highest BCUT2D eigenvalue weighted by atomic mass is 127. The van der Waals surface area contributed by atoms with Crippen molar-refractivity contribution in [2.45, 2.75) is 26.3 Å². The molecule has 7 heteroatoms. The molecule has 2 heterocycles. The highest BCUT2D eigenvalue weighted by Gasteiger charge is 2.23. The molecule has 0 bridgehead atoms. The van der Waals surface area contributed by atoms with Crippen molar-refractivity contribution in [3.05, 3.63) is 21.9 Å². The van der Waals surface area contributed by atoms with Crippen LogP contribution in [0.15, 0.2) is 17.1 Å². The van der Waals surface area contributed by atoms with Gasteiger partial charge in [0.05, 0.1) is 25.8 Å². The van der Waals surface area contributed by atoms with E-state index in [4.69, 9.17) is 10.5 Å². The minimum Gasteiger partial charge on any atom is -0.379 e. The van der Waals surface area contributed by atoms with E-state index in [2.05, 4.69) is 41.2 Å². The van der Waals surface area contributed by atoms with Crippen LogP contribution in [0.1, 0.15) is 29.1 Å². The van der Waals surface area contributed by atoms with Gasteiger partial charge in [-0.05, 0) is 25.5 Å². The molecule has 0 aliphatic carbocycles. The molecule has 1 atom stereocenters. The lowest BCUT2D eigenvalue weighted by Gasteiger charge is -2.33. The molecule has 0 saturated carbocycles. The number of thiophene rings is 1. The van der Waals surface area contributed by atoms with Gasteiger partial charge >= 0.3 is 0 Å². The first kappa shape index (κ1) is 19.7. The zero-order valence-electron chi connectivity index (χ0n) is 13.4. The molecule has 5 nitrogen and oxygen atoms in total. The minimum atomic E-state index is 0. The van der Waals surface area contributed by atoms with Gasteiger partial charge in [0.2, 0.25) is 0 Å². The van der Waals surface area contributed by atoms with Gasteiger partial charge in [0.15, 0.2) is 5.96 Å². The Morgan fingerprint density at radius 3 is 2.77 bits per heavy atom. The maximum Gasteiger partial charge on any atom is 0.188 e. The molecule has 0 amide bonds. The van der Waals surface area contributed by atoms with E-state index in [1.165, 1.54) is 9.75 Å². The number of hydrogen-bond acceptors (Lipinski definition) is 4. The van der Waals surface area contributed by atoms with E-state index in [0.29, 0.717) is 18.5 Å². The number of guanidine groups is 1. The molecule has 1 aromatic rings. The van der Waals surface area contributed by atoms with Gasteiger partial charge in [-0.2, -0.15) is 0 Å². The van der Waals surface area contributed by atoms with E-state index in [-0.39, 0.29) is 24.0 Å². The summed E-state index contributed by atoms with van der Waals surface area (Å²) < 4.78 is 5.46. The molecule has 1 fully saturated rings. The van der Waals surface area contributed by atoms with Crippen molar-refractivity contribution in [3.63, 3.8) is 0 Å². The fourth-order valence-electron chi connectivity index (χ4n) is 2.40. The second-order valence-electron chi connectivity index (χ2n) is 5.27. The van der Waals surface area contributed by atoms with Crippen LogP contribution in [-0.4, -0.2) is 50.3 Å². The quantitative estimate of drug-likeness (QED) is 0.407. The second-order valence-corrected chi connectivity index (χ2v) is 6.58. The molecule has 2 rings (SSSR count). The average molecular weight is 438 g/mol. The summed E-state index contributed by atoms with van der Waals surface area (Å²) in [5.41, 5.74) is 5.92. The molecule has 0 aromatic carbocycles. The van der Waals surface area contributed by atoms with Crippen LogP contribution in [0.3, 0.4) is 0 Å². The zero-order chi connectivity index (χ0) is 15.1. The Labute approximate surface area is 154 Å². The molecule has 1 aliphatic rings. The Hall–Kier alpha value is -0.380. The van der Waals surface area contributed by atoms with Crippen LogP contribution in [0.5, 0.6) is 0 Å². The van der Waals surface area contributed by atoms with Crippen molar-refractivity contribution in [2.24, 2.45) is 10.7 Å². The van der Waals surface area contributed by atoms with Crippen molar-refractivity contribution < 1.29 is 4.74 Å². The molecular formula is C15H27IN4OS. The van der Waals surface area contributed by atoms with Crippen molar-refractivity contribution in [3.8, 4) is 0 Å². The lowest BCUT2D eigenvalue weighted by molar-refractivity contribution is 0.0187. The molecular weight excluding hydrogens is 411 g/mol. The number of rotatable bonds is 6. The smallest absolute Gasteiger partial charge is 0.188 e. The summed E-state index contributed by atoms with van der Waals surface area (Å²) in [6.45, 7) is 9.34. The topological polar surface area (TPSA) is 62.9 Å². The average Bonchev–Trinajstić information content (AvgIpc) is 2.93. The largest absolute Gasteiger partial charge is 0.379 e. The predicted molar refractivity (Wildman–Crippen MR) is 104 cm³/mol. The van der Waals surface area contributed by atoms with Crippen molar-refractivity contribution in [1.29, 1.82) is 0 Å². The van der Waals surface area contributed by atoms with Crippen LogP contribution in [0.25, 0.3) is 0 Å². The fraction of sp³-hybridized carbons (Fsp3) is 0.667. The van der Waals surface area contributed by atoms with Gasteiger partial charge in [-0.25, -0.2) is 0 Å². The van der Waals surface area contributed by atoms with Crippen LogP contribution in [0, 0.1) is 6.92 Å². The summed E-state index contributed by atoms with van der Waals surface area (Å²) in [4.78, 5) is 9.68. The van der Waals surface area contributed by atoms with Gasteiger partial charge in [0.25, 0.3) is 0 Å². The third kappa shape index (κ3) is 6.02. The van der Waals surface area contributed by atoms with Gasteiger partial charge in [0.1, 0.15) is 0 Å². The second kappa shape index (κ2) is 10.4. The first-order valence-corrected chi connectivity index (χ1v) is 8.44. The molecule has 0 radical (unpaired) electrons. The van der Waals surface area contributed by atoms with Crippen LogP contribution >= 0.6 is 35.3 Å². The Bertz CT molecular complexity index is 460. The number of aryl methyl sites for hydroxylation is 1. The van der Waals surface area contributed by atoms with Gasteiger partial charge in [-0.1, -0.05) is 6.92 Å². The Kier molecular flexibility index (Phi) is 9.30. The third-order valence-corrected chi connectivity index (χ3v) is 4.67. The van der Waals surface area contributed by atoms with Crippen molar-refractivity contribution in [2.75, 3.05) is 39.4 Å². The van der Waals surface area contributed by atoms with E-state index in [0.717, 1.165) is 39.3 Å². The predicted octanol–water partition coefficient (Wildman–Crippen LogP) is 2.36. The van der Waals surface area contributed by atoms with E-state index in [1.807, 2.05) is 11.3 Å². The van der Waals surface area contributed by atoms with E-state index >= 15 is 0 Å². The summed E-state index contributed by atoms with van der Waals surface area (Å²) in [6.07, 6.45) is 1.05. The number of nitrogens with one attached hydrogen (secondary N) is 1. The molecule has 126 valence electrons. The van der Waals surface area contributed by atoms with E-state index in [9.17, 15) is 0 Å². The molecule has 0 spiro atoms. The normalized spacial score (nSPS) is 17.8. The molecule has 3 N–H and O–H groups in total. The fourth-order valence-corrected chi connectivity index (χ4v) is 3.40. The van der Waals surface area contributed by atoms with Crippen LogP contribution in [-0.2, 0) is 4.74 Å². The minimum absolute atomic E-state index is 0. The molecule has 1 saturated heterocycles. The van der Waals surface area contributed by atoms with Gasteiger partial charge in [-0.15, -0.1) is 35.3 Å². The van der Waals surface area contributed by atoms with Gasteiger partial charge in [-0.3, -0.25) is 9.89 Å². The lowest BCUT2D eigenvalue weighted by Crippen LogP contribution is -2.40. The van der Waals surface area contributed by atoms with Crippen LogP contribution in [0.4, 0.5) is 0 Å². The number of halogens is 1. The highest BCUT2D eigenvalue weighted by Crippen LogP contribution is 2.28. The van der Waals surface area contributed by atoms with Crippen LogP contribution < -0.4 is 11.1 Å². The Morgan fingerprint density at radius 2 is 2.18 bits per heavy atom. The molecule has 1 unspecified atom stereocenters. The maximum atomic E-state index is 5.92. The van der Waals surface area contributed by atoms with Crippen molar-refractivity contribution in [1.82, 2.24) is 10.2 Å². The first-order valence-electron chi connectivity index (χ1n) is 7.62. The Morgan fingerprint density at radius 1 is 1.45 bits per heavy atom.